The Bertz CT molecular complexity index is 1440. The third kappa shape index (κ3) is 11.3. The molecule has 11 nitrogen and oxygen atoms in total. The lowest BCUT2D eigenvalue weighted by Gasteiger charge is -2.36. The van der Waals surface area contributed by atoms with Crippen molar-refractivity contribution in [3.8, 4) is 0 Å². The number of rotatable bonds is 19. The van der Waals surface area contributed by atoms with Crippen LogP contribution in [-0.2, 0) is 12.8 Å². The van der Waals surface area contributed by atoms with Gasteiger partial charge in [-0.2, -0.15) is 21.7 Å². The molecule has 2 fully saturated rings. The van der Waals surface area contributed by atoms with Crippen LogP contribution in [0.1, 0.15) is 74.9 Å². The Labute approximate surface area is 305 Å². The van der Waals surface area contributed by atoms with Crippen molar-refractivity contribution < 1.29 is 0 Å². The maximum Gasteiger partial charge on any atom is 0.226 e. The average Bonchev–Trinajstić information content (AvgIpc) is 3.12. The number of unbranched alkanes of at least 4 members (excludes halogenated alkanes) is 1. The van der Waals surface area contributed by atoms with Crippen LogP contribution in [0, 0.1) is 13.8 Å². The summed E-state index contributed by atoms with van der Waals surface area (Å²) in [6.45, 7) is 18.3. The molecular formula is C38H61N11S. The second-order valence-electron chi connectivity index (χ2n) is 13.7. The van der Waals surface area contributed by atoms with Crippen molar-refractivity contribution in [2.75, 3.05) is 97.0 Å². The molecule has 3 aromatic rings. The maximum atomic E-state index is 6.21. The van der Waals surface area contributed by atoms with Crippen molar-refractivity contribution in [1.82, 2.24) is 29.7 Å². The lowest BCUT2D eigenvalue weighted by molar-refractivity contribution is 0.255. The molecule has 2 saturated heterocycles. The predicted molar refractivity (Wildman–Crippen MR) is 213 cm³/mol. The summed E-state index contributed by atoms with van der Waals surface area (Å²) in [6, 6.07) is 10.7. The number of aryl methyl sites for hydroxylation is 2. The van der Waals surface area contributed by atoms with E-state index >= 15 is 0 Å². The Morgan fingerprint density at radius 1 is 0.740 bits per heavy atom. The Kier molecular flexibility index (Phi) is 15.1. The SMILES string of the molecule is CCCCNc1nc(NC(CCC)Nc2nc(N)nc(C)c2CCCN2CCN(c3ccccc3)CC2)nc(C)c1CCCN1CCSCC1. The number of nitrogens with two attached hydrogens (primary N) is 1. The zero-order valence-electron chi connectivity index (χ0n) is 31.0. The van der Waals surface area contributed by atoms with E-state index < -0.39 is 0 Å². The standard InChI is InChI=1S/C38H61N11S/c1-5-7-18-40-35-32(16-11-20-48-25-27-50-28-26-48)30(4)42-38(46-35)44-34(13-6-2)43-36-33(29(3)41-37(39)45-36)17-12-19-47-21-23-49(24-22-47)31-14-9-8-10-15-31/h8-10,14-15,34H,5-7,11-13,16-28H2,1-4H3,(H3,39,41,43,45)(H2,40,42,44,46). The number of para-hydroxylation sites is 1. The van der Waals surface area contributed by atoms with E-state index in [1.807, 2.05) is 6.92 Å². The summed E-state index contributed by atoms with van der Waals surface area (Å²) in [7, 11) is 0. The fraction of sp³-hybridized carbons (Fsp3) is 0.632. The van der Waals surface area contributed by atoms with Gasteiger partial charge in [-0.1, -0.05) is 44.9 Å². The molecule has 274 valence electrons. The quantitative estimate of drug-likeness (QED) is 0.0857. The predicted octanol–water partition coefficient (Wildman–Crippen LogP) is 6.06. The monoisotopic (exact) mass is 703 g/mol. The highest BCUT2D eigenvalue weighted by atomic mass is 32.2. The van der Waals surface area contributed by atoms with Gasteiger partial charge in [0.1, 0.15) is 17.8 Å². The van der Waals surface area contributed by atoms with Gasteiger partial charge in [-0.05, 0) is 77.6 Å². The molecule has 0 radical (unpaired) electrons. The van der Waals surface area contributed by atoms with Gasteiger partial charge in [-0.15, -0.1) is 0 Å². The number of hydrogen-bond acceptors (Lipinski definition) is 12. The van der Waals surface area contributed by atoms with E-state index in [9.17, 15) is 0 Å². The number of hydrogen-bond donors (Lipinski definition) is 4. The first kappa shape index (κ1) is 37.9. The summed E-state index contributed by atoms with van der Waals surface area (Å²) in [5, 5.41) is 11.0. The highest BCUT2D eigenvalue weighted by Gasteiger charge is 2.20. The average molecular weight is 704 g/mol. The van der Waals surface area contributed by atoms with Crippen LogP contribution in [0.25, 0.3) is 0 Å². The molecule has 0 saturated carbocycles. The Balaban J connectivity index is 1.22. The van der Waals surface area contributed by atoms with Crippen LogP contribution in [0.4, 0.5) is 29.2 Å². The van der Waals surface area contributed by atoms with Crippen molar-refractivity contribution in [2.45, 2.75) is 85.2 Å². The van der Waals surface area contributed by atoms with Gasteiger partial charge < -0.3 is 31.5 Å². The molecule has 0 amide bonds. The molecular weight excluding hydrogens is 643 g/mol. The van der Waals surface area contributed by atoms with Gasteiger partial charge in [-0.3, -0.25) is 4.90 Å². The summed E-state index contributed by atoms with van der Waals surface area (Å²) in [6.07, 6.45) is 8.03. The van der Waals surface area contributed by atoms with Crippen LogP contribution < -0.4 is 26.6 Å². The normalized spacial score (nSPS) is 16.4. The maximum absolute atomic E-state index is 6.21. The van der Waals surface area contributed by atoms with Crippen LogP contribution >= 0.6 is 11.8 Å². The minimum Gasteiger partial charge on any atom is -0.370 e. The first-order chi connectivity index (χ1) is 24.4. The van der Waals surface area contributed by atoms with Crippen LogP contribution in [0.15, 0.2) is 30.3 Å². The van der Waals surface area contributed by atoms with Crippen LogP contribution in [0.5, 0.6) is 0 Å². The minimum atomic E-state index is -0.107. The molecule has 4 heterocycles. The van der Waals surface area contributed by atoms with Gasteiger partial charge in [0.25, 0.3) is 0 Å². The second kappa shape index (κ2) is 19.9. The molecule has 50 heavy (non-hydrogen) atoms. The first-order valence-corrected chi connectivity index (χ1v) is 20.2. The zero-order valence-corrected chi connectivity index (χ0v) is 31.8. The highest BCUT2D eigenvalue weighted by molar-refractivity contribution is 7.99. The van der Waals surface area contributed by atoms with Crippen molar-refractivity contribution in [1.29, 1.82) is 0 Å². The van der Waals surface area contributed by atoms with E-state index in [1.54, 1.807) is 0 Å². The Hall–Kier alpha value is -3.35. The molecule has 1 atom stereocenters. The van der Waals surface area contributed by atoms with Gasteiger partial charge in [0.15, 0.2) is 0 Å². The van der Waals surface area contributed by atoms with Gasteiger partial charge >= 0.3 is 0 Å². The highest BCUT2D eigenvalue weighted by Crippen LogP contribution is 2.25. The molecule has 0 aliphatic carbocycles. The van der Waals surface area contributed by atoms with Gasteiger partial charge in [0.05, 0.1) is 0 Å². The van der Waals surface area contributed by atoms with Crippen LogP contribution in [0.3, 0.4) is 0 Å². The number of nitrogens with zero attached hydrogens (tertiary/aromatic N) is 7. The molecule has 1 aromatic carbocycles. The minimum absolute atomic E-state index is 0.107. The lowest BCUT2D eigenvalue weighted by atomic mass is 10.1. The fourth-order valence-corrected chi connectivity index (χ4v) is 7.95. The summed E-state index contributed by atoms with van der Waals surface area (Å²) >= 11 is 2.06. The Morgan fingerprint density at radius 2 is 1.40 bits per heavy atom. The number of piperazine rings is 1. The van der Waals surface area contributed by atoms with Crippen molar-refractivity contribution in [3.63, 3.8) is 0 Å². The van der Waals surface area contributed by atoms with E-state index in [2.05, 4.69) is 98.5 Å². The summed E-state index contributed by atoms with van der Waals surface area (Å²) in [5.74, 6) is 5.19. The molecule has 0 spiro atoms. The van der Waals surface area contributed by atoms with E-state index in [0.29, 0.717) is 11.9 Å². The number of aromatic nitrogens is 4. The number of nitrogens with one attached hydrogen (secondary N) is 3. The second-order valence-corrected chi connectivity index (χ2v) is 14.9. The smallest absolute Gasteiger partial charge is 0.226 e. The molecule has 2 aliphatic rings. The summed E-state index contributed by atoms with van der Waals surface area (Å²) in [4.78, 5) is 27.0. The summed E-state index contributed by atoms with van der Waals surface area (Å²) < 4.78 is 0. The van der Waals surface area contributed by atoms with E-state index in [-0.39, 0.29) is 6.17 Å². The molecule has 5 rings (SSSR count). The first-order valence-electron chi connectivity index (χ1n) is 19.0. The third-order valence-electron chi connectivity index (χ3n) is 9.86. The number of thioether (sulfide) groups is 1. The largest absolute Gasteiger partial charge is 0.370 e. The lowest BCUT2D eigenvalue weighted by Crippen LogP contribution is -2.46. The zero-order chi connectivity index (χ0) is 35.1. The number of anilines is 5. The van der Waals surface area contributed by atoms with E-state index in [0.717, 1.165) is 126 Å². The van der Waals surface area contributed by atoms with Crippen LogP contribution in [0.2, 0.25) is 0 Å². The molecule has 12 heteroatoms. The van der Waals surface area contributed by atoms with Gasteiger partial charge in [0.2, 0.25) is 11.9 Å². The molecule has 0 bridgehead atoms. The molecule has 1 unspecified atom stereocenters. The molecule has 2 aliphatic heterocycles. The van der Waals surface area contributed by atoms with Crippen molar-refractivity contribution >= 4 is 41.0 Å². The summed E-state index contributed by atoms with van der Waals surface area (Å²) in [5.41, 5.74) is 11.9. The van der Waals surface area contributed by atoms with Gasteiger partial charge in [0, 0.05) is 85.5 Å². The van der Waals surface area contributed by atoms with Crippen LogP contribution in [-0.4, -0.2) is 106 Å². The topological polar surface area (TPSA) is 123 Å². The molecule has 2 aromatic heterocycles. The van der Waals surface area contributed by atoms with Crippen molar-refractivity contribution in [3.05, 3.63) is 52.8 Å². The Morgan fingerprint density at radius 3 is 2.08 bits per heavy atom. The van der Waals surface area contributed by atoms with Gasteiger partial charge in [-0.25, -0.2) is 9.97 Å². The van der Waals surface area contributed by atoms with E-state index in [1.165, 1.54) is 35.8 Å². The fourth-order valence-electron chi connectivity index (χ4n) is 6.97. The number of nitrogen functional groups attached to an aromatic ring is 1. The van der Waals surface area contributed by atoms with Crippen molar-refractivity contribution in [2.24, 2.45) is 0 Å². The molecule has 5 N–H and O–H groups in total. The van der Waals surface area contributed by atoms with E-state index in [4.69, 9.17) is 20.7 Å². The number of benzene rings is 1. The third-order valence-corrected chi connectivity index (χ3v) is 10.8.